The number of aryl methyl sites for hydroxylation is 2. The smallest absolute Gasteiger partial charge is 0.261 e. The standard InChI is InChI=1S/C15H25NO2S2/c1-3-6-13-12(4-2)11-14(20-13)15(18)16-7-10-19-9-5-8-17/h11,17H,3-10H2,1-2H3,(H,16,18). The lowest BCUT2D eigenvalue weighted by Gasteiger charge is -2.03. The summed E-state index contributed by atoms with van der Waals surface area (Å²) in [6.07, 6.45) is 4.01. The van der Waals surface area contributed by atoms with Gasteiger partial charge in [0, 0.05) is 23.8 Å². The number of amides is 1. The van der Waals surface area contributed by atoms with Gasteiger partial charge in [-0.15, -0.1) is 11.3 Å². The molecular formula is C15H25NO2S2. The first kappa shape index (κ1) is 17.5. The monoisotopic (exact) mass is 315 g/mol. The third kappa shape index (κ3) is 5.85. The van der Waals surface area contributed by atoms with Gasteiger partial charge in [0.15, 0.2) is 0 Å². The SMILES string of the molecule is CCCc1sc(C(=O)NCCSCCCO)cc1CC. The summed E-state index contributed by atoms with van der Waals surface area (Å²) in [6, 6.07) is 2.05. The molecule has 0 saturated carbocycles. The summed E-state index contributed by atoms with van der Waals surface area (Å²) in [4.78, 5) is 14.3. The van der Waals surface area contributed by atoms with Crippen LogP contribution in [0, 0.1) is 0 Å². The summed E-state index contributed by atoms with van der Waals surface area (Å²) in [6.45, 7) is 5.25. The Bertz CT molecular complexity index is 405. The van der Waals surface area contributed by atoms with Crippen molar-refractivity contribution in [3.05, 3.63) is 21.4 Å². The van der Waals surface area contributed by atoms with Gasteiger partial charge in [-0.2, -0.15) is 11.8 Å². The molecule has 114 valence electrons. The summed E-state index contributed by atoms with van der Waals surface area (Å²) in [5, 5.41) is 11.6. The molecule has 0 bridgehead atoms. The molecule has 20 heavy (non-hydrogen) atoms. The highest BCUT2D eigenvalue weighted by Gasteiger charge is 2.12. The lowest BCUT2D eigenvalue weighted by atomic mass is 10.1. The quantitative estimate of drug-likeness (QED) is 0.652. The minimum atomic E-state index is 0.0508. The van der Waals surface area contributed by atoms with E-state index in [1.807, 2.05) is 6.07 Å². The number of carbonyl (C=O) groups excluding carboxylic acids is 1. The van der Waals surface area contributed by atoms with Gasteiger partial charge in [-0.05, 0) is 36.6 Å². The van der Waals surface area contributed by atoms with Gasteiger partial charge in [0.25, 0.3) is 5.91 Å². The molecule has 0 unspecified atom stereocenters. The molecule has 1 aromatic heterocycles. The van der Waals surface area contributed by atoms with E-state index in [-0.39, 0.29) is 12.5 Å². The van der Waals surface area contributed by atoms with E-state index in [1.165, 1.54) is 10.4 Å². The second-order valence-electron chi connectivity index (χ2n) is 4.61. The van der Waals surface area contributed by atoms with Gasteiger partial charge in [0.05, 0.1) is 4.88 Å². The highest BCUT2D eigenvalue weighted by molar-refractivity contribution is 7.99. The number of nitrogens with one attached hydrogen (secondary N) is 1. The van der Waals surface area contributed by atoms with Crippen LogP contribution in [0.3, 0.4) is 0 Å². The first-order chi connectivity index (χ1) is 9.72. The second kappa shape index (κ2) is 10.2. The number of thioether (sulfide) groups is 1. The summed E-state index contributed by atoms with van der Waals surface area (Å²) < 4.78 is 0. The van der Waals surface area contributed by atoms with Crippen molar-refractivity contribution in [3.8, 4) is 0 Å². The number of hydrogen-bond donors (Lipinski definition) is 2. The molecule has 0 aromatic carbocycles. The lowest BCUT2D eigenvalue weighted by Crippen LogP contribution is -2.25. The maximum absolute atomic E-state index is 12.1. The Morgan fingerprint density at radius 1 is 1.40 bits per heavy atom. The van der Waals surface area contributed by atoms with Gasteiger partial charge < -0.3 is 10.4 Å². The Morgan fingerprint density at radius 3 is 2.85 bits per heavy atom. The highest BCUT2D eigenvalue weighted by Crippen LogP contribution is 2.24. The van der Waals surface area contributed by atoms with Crippen molar-refractivity contribution in [1.82, 2.24) is 5.32 Å². The van der Waals surface area contributed by atoms with Gasteiger partial charge in [-0.3, -0.25) is 4.79 Å². The van der Waals surface area contributed by atoms with Crippen LogP contribution >= 0.6 is 23.1 Å². The van der Waals surface area contributed by atoms with Crippen LogP contribution in [0.25, 0.3) is 0 Å². The average molecular weight is 316 g/mol. The zero-order chi connectivity index (χ0) is 14.8. The summed E-state index contributed by atoms with van der Waals surface area (Å²) in [5.74, 6) is 1.90. The first-order valence-electron chi connectivity index (χ1n) is 7.31. The van der Waals surface area contributed by atoms with E-state index in [9.17, 15) is 4.79 Å². The molecule has 0 aliphatic heterocycles. The molecule has 1 aromatic rings. The molecular weight excluding hydrogens is 290 g/mol. The van der Waals surface area contributed by atoms with Gasteiger partial charge in [-0.25, -0.2) is 0 Å². The average Bonchev–Trinajstić information content (AvgIpc) is 2.86. The third-order valence-electron chi connectivity index (χ3n) is 2.96. The third-order valence-corrected chi connectivity index (χ3v) is 5.26. The Kier molecular flexibility index (Phi) is 8.98. The summed E-state index contributed by atoms with van der Waals surface area (Å²) >= 11 is 3.40. The molecule has 1 heterocycles. The predicted molar refractivity (Wildman–Crippen MR) is 89.1 cm³/mol. The van der Waals surface area contributed by atoms with Crippen molar-refractivity contribution in [1.29, 1.82) is 0 Å². The van der Waals surface area contributed by atoms with Crippen LogP contribution in [0.2, 0.25) is 0 Å². The topological polar surface area (TPSA) is 49.3 Å². The zero-order valence-corrected chi connectivity index (χ0v) is 14.0. The molecule has 0 spiro atoms. The van der Waals surface area contributed by atoms with Crippen LogP contribution in [0.4, 0.5) is 0 Å². The lowest BCUT2D eigenvalue weighted by molar-refractivity contribution is 0.0960. The van der Waals surface area contributed by atoms with Crippen LogP contribution in [-0.4, -0.2) is 35.7 Å². The van der Waals surface area contributed by atoms with E-state index in [4.69, 9.17) is 5.11 Å². The fraction of sp³-hybridized carbons (Fsp3) is 0.667. The number of hydrogen-bond acceptors (Lipinski definition) is 4. The van der Waals surface area contributed by atoms with Crippen LogP contribution in [0.5, 0.6) is 0 Å². The van der Waals surface area contributed by atoms with Crippen LogP contribution in [0.1, 0.15) is 46.8 Å². The minimum Gasteiger partial charge on any atom is -0.396 e. The van der Waals surface area contributed by atoms with Crippen molar-refractivity contribution in [2.24, 2.45) is 0 Å². The van der Waals surface area contributed by atoms with Gasteiger partial charge in [-0.1, -0.05) is 20.3 Å². The number of aliphatic hydroxyl groups is 1. The molecule has 0 aliphatic carbocycles. The fourth-order valence-electron chi connectivity index (χ4n) is 1.91. The molecule has 0 aliphatic rings. The van der Waals surface area contributed by atoms with Crippen molar-refractivity contribution >= 4 is 29.0 Å². The molecule has 2 N–H and O–H groups in total. The molecule has 1 rings (SSSR count). The van der Waals surface area contributed by atoms with E-state index < -0.39 is 0 Å². The van der Waals surface area contributed by atoms with Gasteiger partial charge in [0.1, 0.15) is 0 Å². The molecule has 0 fully saturated rings. The first-order valence-corrected chi connectivity index (χ1v) is 9.28. The molecule has 5 heteroatoms. The number of rotatable bonds is 10. The van der Waals surface area contributed by atoms with Crippen molar-refractivity contribution < 1.29 is 9.90 Å². The highest BCUT2D eigenvalue weighted by atomic mass is 32.2. The zero-order valence-electron chi connectivity index (χ0n) is 12.4. The van der Waals surface area contributed by atoms with E-state index in [0.29, 0.717) is 6.54 Å². The van der Waals surface area contributed by atoms with E-state index >= 15 is 0 Å². The Morgan fingerprint density at radius 2 is 2.20 bits per heavy atom. The normalized spacial score (nSPS) is 10.8. The van der Waals surface area contributed by atoms with Gasteiger partial charge in [0.2, 0.25) is 0 Å². The molecule has 0 atom stereocenters. The Hall–Kier alpha value is -0.520. The molecule has 0 saturated heterocycles. The van der Waals surface area contributed by atoms with Crippen molar-refractivity contribution in [2.45, 2.75) is 39.5 Å². The maximum atomic E-state index is 12.1. The Labute approximate surface area is 130 Å². The van der Waals surface area contributed by atoms with Crippen LogP contribution in [-0.2, 0) is 12.8 Å². The van der Waals surface area contributed by atoms with E-state index in [0.717, 1.165) is 42.1 Å². The molecule has 3 nitrogen and oxygen atoms in total. The second-order valence-corrected chi connectivity index (χ2v) is 6.97. The minimum absolute atomic E-state index is 0.0508. The number of carbonyl (C=O) groups is 1. The Balaban J connectivity index is 2.39. The van der Waals surface area contributed by atoms with Crippen molar-refractivity contribution in [2.75, 3.05) is 24.7 Å². The molecule has 0 radical (unpaired) electrons. The summed E-state index contributed by atoms with van der Waals surface area (Å²) in [5.41, 5.74) is 1.32. The summed E-state index contributed by atoms with van der Waals surface area (Å²) in [7, 11) is 0. The molecule has 1 amide bonds. The number of aliphatic hydroxyl groups excluding tert-OH is 1. The largest absolute Gasteiger partial charge is 0.396 e. The fourth-order valence-corrected chi connectivity index (χ4v) is 3.96. The van der Waals surface area contributed by atoms with Crippen LogP contribution in [0.15, 0.2) is 6.07 Å². The maximum Gasteiger partial charge on any atom is 0.261 e. The van der Waals surface area contributed by atoms with E-state index in [2.05, 4.69) is 19.2 Å². The van der Waals surface area contributed by atoms with Gasteiger partial charge >= 0.3 is 0 Å². The predicted octanol–water partition coefficient (Wildman–Crippen LogP) is 3.11. The number of thiophene rings is 1. The van der Waals surface area contributed by atoms with Crippen molar-refractivity contribution in [3.63, 3.8) is 0 Å². The van der Waals surface area contributed by atoms with E-state index in [1.54, 1.807) is 23.1 Å². The van der Waals surface area contributed by atoms with Crippen LogP contribution < -0.4 is 5.32 Å².